The molecule has 0 aliphatic heterocycles. The van der Waals surface area contributed by atoms with E-state index in [9.17, 15) is 0 Å². The van der Waals surface area contributed by atoms with E-state index in [-0.39, 0.29) is 0 Å². The number of nitrogens with two attached hydrogens (primary N) is 1. The molecule has 1 saturated carbocycles. The molecule has 1 aliphatic rings. The van der Waals surface area contributed by atoms with E-state index in [0.29, 0.717) is 17.3 Å². The van der Waals surface area contributed by atoms with E-state index in [0.717, 1.165) is 12.4 Å². The van der Waals surface area contributed by atoms with Crippen LogP contribution in [0.25, 0.3) is 0 Å². The van der Waals surface area contributed by atoms with Gasteiger partial charge in [-0.1, -0.05) is 19.9 Å². The fraction of sp³-hybridized carbons (Fsp3) is 0.500. The molecule has 1 aromatic rings. The van der Waals surface area contributed by atoms with E-state index in [2.05, 4.69) is 29.1 Å². The summed E-state index contributed by atoms with van der Waals surface area (Å²) in [5.41, 5.74) is 6.22. The Kier molecular flexibility index (Phi) is 2.81. The zero-order chi connectivity index (χ0) is 11.6. The lowest BCUT2D eigenvalue weighted by Crippen LogP contribution is -2.23. The number of aromatic nitrogens is 1. The summed E-state index contributed by atoms with van der Waals surface area (Å²) in [6.07, 6.45) is 2.97. The number of anilines is 1. The van der Waals surface area contributed by atoms with Crippen LogP contribution in [0, 0.1) is 11.3 Å². The molecule has 0 radical (unpaired) electrons. The molecule has 1 heterocycles. The van der Waals surface area contributed by atoms with Gasteiger partial charge in [-0.3, -0.25) is 4.99 Å². The lowest BCUT2D eigenvalue weighted by Gasteiger charge is -2.04. The van der Waals surface area contributed by atoms with E-state index in [1.54, 1.807) is 6.20 Å². The minimum absolute atomic E-state index is 0.446. The van der Waals surface area contributed by atoms with Crippen molar-refractivity contribution in [3.05, 3.63) is 24.4 Å². The van der Waals surface area contributed by atoms with Gasteiger partial charge in [0, 0.05) is 12.7 Å². The number of hydrogen-bond acceptors (Lipinski definition) is 2. The van der Waals surface area contributed by atoms with E-state index >= 15 is 0 Å². The first kappa shape index (κ1) is 10.9. The molecule has 0 amide bonds. The van der Waals surface area contributed by atoms with Gasteiger partial charge in [0.05, 0.1) is 0 Å². The molecule has 4 heteroatoms. The van der Waals surface area contributed by atoms with Crippen molar-refractivity contribution >= 4 is 11.8 Å². The molecule has 0 bridgehead atoms. The Morgan fingerprint density at radius 2 is 2.38 bits per heavy atom. The largest absolute Gasteiger partial charge is 0.370 e. The molecule has 16 heavy (non-hydrogen) atoms. The lowest BCUT2D eigenvalue weighted by atomic mass is 10.1. The van der Waals surface area contributed by atoms with Gasteiger partial charge in [0.15, 0.2) is 5.96 Å². The Bertz CT molecular complexity index is 383. The normalized spacial score (nSPS) is 22.9. The van der Waals surface area contributed by atoms with Gasteiger partial charge in [0.2, 0.25) is 0 Å². The molecule has 86 valence electrons. The van der Waals surface area contributed by atoms with E-state index in [1.807, 2.05) is 18.2 Å². The van der Waals surface area contributed by atoms with Crippen LogP contribution < -0.4 is 11.1 Å². The topological polar surface area (TPSA) is 63.3 Å². The number of nitrogens with zero attached hydrogens (tertiary/aromatic N) is 2. The average molecular weight is 218 g/mol. The van der Waals surface area contributed by atoms with E-state index in [1.165, 1.54) is 6.42 Å². The average Bonchev–Trinajstić information content (AvgIpc) is 2.85. The summed E-state index contributed by atoms with van der Waals surface area (Å²) in [5, 5.41) is 2.97. The maximum Gasteiger partial charge on any atom is 0.194 e. The summed E-state index contributed by atoms with van der Waals surface area (Å²) in [7, 11) is 0. The highest BCUT2D eigenvalue weighted by Gasteiger charge is 2.45. The van der Waals surface area contributed by atoms with Crippen molar-refractivity contribution in [2.45, 2.75) is 20.3 Å². The van der Waals surface area contributed by atoms with Gasteiger partial charge in [0.1, 0.15) is 5.82 Å². The van der Waals surface area contributed by atoms with Crippen molar-refractivity contribution in [3.63, 3.8) is 0 Å². The SMILES string of the molecule is CC1(C)CC1CN=C(N)Nc1ccccn1. The monoisotopic (exact) mass is 218 g/mol. The quantitative estimate of drug-likeness (QED) is 0.601. The Hall–Kier alpha value is -1.58. The van der Waals surface area contributed by atoms with Crippen LogP contribution in [0.3, 0.4) is 0 Å². The molecule has 3 N–H and O–H groups in total. The number of guanidine groups is 1. The van der Waals surface area contributed by atoms with Crippen molar-refractivity contribution in [1.29, 1.82) is 0 Å². The van der Waals surface area contributed by atoms with E-state index in [4.69, 9.17) is 5.73 Å². The maximum atomic E-state index is 5.77. The van der Waals surface area contributed by atoms with Crippen LogP contribution in [0.15, 0.2) is 29.4 Å². The van der Waals surface area contributed by atoms with Gasteiger partial charge in [-0.05, 0) is 29.9 Å². The first-order chi connectivity index (χ1) is 7.58. The number of aliphatic imine (C=N–C) groups is 1. The molecule has 0 saturated heterocycles. The molecular weight excluding hydrogens is 200 g/mol. The third-order valence-corrected chi connectivity index (χ3v) is 3.12. The van der Waals surface area contributed by atoms with Crippen LogP contribution >= 0.6 is 0 Å². The first-order valence-corrected chi connectivity index (χ1v) is 5.56. The Balaban J connectivity index is 1.84. The highest BCUT2D eigenvalue weighted by molar-refractivity contribution is 5.91. The second kappa shape index (κ2) is 4.12. The lowest BCUT2D eigenvalue weighted by molar-refractivity contribution is 0.566. The van der Waals surface area contributed by atoms with Crippen molar-refractivity contribution in [2.75, 3.05) is 11.9 Å². The zero-order valence-electron chi connectivity index (χ0n) is 9.77. The number of rotatable bonds is 3. The molecule has 4 nitrogen and oxygen atoms in total. The summed E-state index contributed by atoms with van der Waals surface area (Å²) in [6.45, 7) is 5.32. The van der Waals surface area contributed by atoms with Gasteiger partial charge < -0.3 is 11.1 Å². The third kappa shape index (κ3) is 2.72. The van der Waals surface area contributed by atoms with Crippen LogP contribution in [-0.2, 0) is 0 Å². The van der Waals surface area contributed by atoms with Gasteiger partial charge >= 0.3 is 0 Å². The molecule has 1 aromatic heterocycles. The van der Waals surface area contributed by atoms with Gasteiger partial charge in [-0.25, -0.2) is 4.98 Å². The molecular formula is C12H18N4. The molecule has 1 atom stereocenters. The number of nitrogens with one attached hydrogen (secondary N) is 1. The Labute approximate surface area is 96.0 Å². The summed E-state index contributed by atoms with van der Waals surface area (Å²) >= 11 is 0. The Morgan fingerprint density at radius 1 is 1.62 bits per heavy atom. The van der Waals surface area contributed by atoms with Crippen LogP contribution in [0.1, 0.15) is 20.3 Å². The smallest absolute Gasteiger partial charge is 0.194 e. The molecule has 1 fully saturated rings. The molecule has 1 aliphatic carbocycles. The highest BCUT2D eigenvalue weighted by Crippen LogP contribution is 2.51. The van der Waals surface area contributed by atoms with Gasteiger partial charge in [0.25, 0.3) is 0 Å². The van der Waals surface area contributed by atoms with Crippen molar-refractivity contribution < 1.29 is 0 Å². The van der Waals surface area contributed by atoms with Crippen molar-refractivity contribution in [3.8, 4) is 0 Å². The predicted molar refractivity (Wildman–Crippen MR) is 66.2 cm³/mol. The Morgan fingerprint density at radius 3 is 2.94 bits per heavy atom. The molecule has 1 unspecified atom stereocenters. The summed E-state index contributed by atoms with van der Waals surface area (Å²) < 4.78 is 0. The van der Waals surface area contributed by atoms with Crippen molar-refractivity contribution in [1.82, 2.24) is 4.98 Å². The van der Waals surface area contributed by atoms with E-state index < -0.39 is 0 Å². The minimum Gasteiger partial charge on any atom is -0.370 e. The fourth-order valence-corrected chi connectivity index (χ4v) is 1.70. The molecule has 2 rings (SSSR count). The minimum atomic E-state index is 0.446. The van der Waals surface area contributed by atoms with Crippen LogP contribution in [0.4, 0.5) is 5.82 Å². The zero-order valence-corrected chi connectivity index (χ0v) is 9.77. The molecule has 0 aromatic carbocycles. The molecule has 0 spiro atoms. The van der Waals surface area contributed by atoms with Crippen molar-refractivity contribution in [2.24, 2.45) is 22.1 Å². The van der Waals surface area contributed by atoms with Crippen LogP contribution in [0.5, 0.6) is 0 Å². The number of hydrogen-bond donors (Lipinski definition) is 2. The van der Waals surface area contributed by atoms with Gasteiger partial charge in [-0.15, -0.1) is 0 Å². The standard InChI is InChI=1S/C12H18N4/c1-12(2)7-9(12)8-15-11(13)16-10-5-3-4-6-14-10/h3-6,9H,7-8H2,1-2H3,(H3,13,14,15,16). The summed E-state index contributed by atoms with van der Waals surface area (Å²) in [4.78, 5) is 8.44. The maximum absolute atomic E-state index is 5.77. The van der Waals surface area contributed by atoms with Gasteiger partial charge in [-0.2, -0.15) is 0 Å². The first-order valence-electron chi connectivity index (χ1n) is 5.56. The van der Waals surface area contributed by atoms with Crippen LogP contribution in [0.2, 0.25) is 0 Å². The second-order valence-electron chi connectivity index (χ2n) is 4.96. The highest BCUT2D eigenvalue weighted by atomic mass is 15.1. The predicted octanol–water partition coefficient (Wildman–Crippen LogP) is 1.85. The summed E-state index contributed by atoms with van der Waals surface area (Å²) in [5.74, 6) is 1.86. The van der Waals surface area contributed by atoms with Crippen LogP contribution in [-0.4, -0.2) is 17.5 Å². The summed E-state index contributed by atoms with van der Waals surface area (Å²) in [6, 6.07) is 5.64. The fourth-order valence-electron chi connectivity index (χ4n) is 1.70. The third-order valence-electron chi connectivity index (χ3n) is 3.12. The number of pyridine rings is 1. The second-order valence-corrected chi connectivity index (χ2v) is 4.96.